The van der Waals surface area contributed by atoms with Gasteiger partial charge in [-0.25, -0.2) is 9.37 Å². The van der Waals surface area contributed by atoms with Crippen LogP contribution < -0.4 is 10.9 Å². The third-order valence-electron chi connectivity index (χ3n) is 3.91. The molecule has 0 aliphatic carbocycles. The van der Waals surface area contributed by atoms with Gasteiger partial charge in [-0.05, 0) is 6.07 Å². The van der Waals surface area contributed by atoms with Crippen LogP contribution in [0.5, 0.6) is 0 Å². The van der Waals surface area contributed by atoms with Gasteiger partial charge in [0.25, 0.3) is 11.5 Å². The number of nitrogens with zero attached hydrogens (tertiary/aromatic N) is 2. The largest absolute Gasteiger partial charge is 0.316 e. The van der Waals surface area contributed by atoms with E-state index in [9.17, 15) is 18.0 Å². The summed E-state index contributed by atoms with van der Waals surface area (Å²) in [6, 6.07) is 2.99. The smallest absolute Gasteiger partial charge is 0.292 e. The molecule has 5 nitrogen and oxygen atoms in total. The molecular weight excluding hydrogens is 309 g/mol. The maximum atomic E-state index is 14.6. The van der Waals surface area contributed by atoms with Crippen LogP contribution in [0.3, 0.4) is 0 Å². The van der Waals surface area contributed by atoms with Crippen molar-refractivity contribution in [3.63, 3.8) is 0 Å². The first-order valence-corrected chi connectivity index (χ1v) is 7.39. The van der Waals surface area contributed by atoms with Crippen LogP contribution >= 0.6 is 0 Å². The molecule has 2 aromatic rings. The molecule has 0 radical (unpaired) electrons. The second kappa shape index (κ2) is 5.93. The molecule has 1 aliphatic rings. The predicted octanol–water partition coefficient (Wildman–Crippen LogP) is 1.58. The van der Waals surface area contributed by atoms with Crippen molar-refractivity contribution >= 4 is 11.0 Å². The molecule has 3 rings (SSSR count). The first kappa shape index (κ1) is 15.9. The minimum Gasteiger partial charge on any atom is -0.316 e. The Hall–Kier alpha value is -1.93. The molecule has 8 heteroatoms. The van der Waals surface area contributed by atoms with Crippen LogP contribution in [-0.4, -0.2) is 41.0 Å². The molecule has 0 atom stereocenters. The standard InChI is InChI=1S/C15H17F3N4O/c1-15(17,18)13-14(23)21-12-10(20-13)3-2-9(11(12)16)8-22-6-4-19-5-7-22/h2-3,19H,4-8H2,1H3,(H,21,23). The molecule has 0 spiro atoms. The maximum absolute atomic E-state index is 14.6. The predicted molar refractivity (Wildman–Crippen MR) is 80.0 cm³/mol. The van der Waals surface area contributed by atoms with E-state index in [1.54, 1.807) is 0 Å². The highest BCUT2D eigenvalue weighted by atomic mass is 19.3. The summed E-state index contributed by atoms with van der Waals surface area (Å²) in [5.74, 6) is -3.99. The Kier molecular flexibility index (Phi) is 4.11. The molecule has 2 heterocycles. The number of H-pyrrole nitrogens is 1. The summed E-state index contributed by atoms with van der Waals surface area (Å²) in [5.41, 5.74) is -1.67. The van der Waals surface area contributed by atoms with Gasteiger partial charge in [-0.2, -0.15) is 8.78 Å². The van der Waals surface area contributed by atoms with Gasteiger partial charge in [-0.1, -0.05) is 6.07 Å². The van der Waals surface area contributed by atoms with Gasteiger partial charge in [0.15, 0.2) is 11.5 Å². The summed E-state index contributed by atoms with van der Waals surface area (Å²) in [6.07, 6.45) is 0. The number of hydrogen-bond acceptors (Lipinski definition) is 4. The monoisotopic (exact) mass is 326 g/mol. The second-order valence-electron chi connectivity index (χ2n) is 5.76. The Morgan fingerprint density at radius 3 is 2.65 bits per heavy atom. The van der Waals surface area contributed by atoms with E-state index in [0.717, 1.165) is 26.2 Å². The minimum absolute atomic E-state index is 0.0164. The van der Waals surface area contributed by atoms with Gasteiger partial charge >= 0.3 is 0 Å². The van der Waals surface area contributed by atoms with Gasteiger partial charge in [0.1, 0.15) is 5.52 Å². The number of halogens is 3. The lowest BCUT2D eigenvalue weighted by Crippen LogP contribution is -2.43. The van der Waals surface area contributed by atoms with Crippen LogP contribution in [0.15, 0.2) is 16.9 Å². The zero-order valence-electron chi connectivity index (χ0n) is 12.6. The summed E-state index contributed by atoms with van der Waals surface area (Å²) >= 11 is 0. The SMILES string of the molecule is CC(F)(F)c1nc2ccc(CN3CCNCC3)c(F)c2[nH]c1=O. The average Bonchev–Trinajstić information content (AvgIpc) is 2.50. The molecule has 2 N–H and O–H groups in total. The van der Waals surface area contributed by atoms with Crippen LogP contribution in [0, 0.1) is 5.82 Å². The molecule has 0 unspecified atom stereocenters. The average molecular weight is 326 g/mol. The highest BCUT2D eigenvalue weighted by molar-refractivity contribution is 5.75. The molecule has 1 aromatic heterocycles. The van der Waals surface area contributed by atoms with E-state index in [1.165, 1.54) is 12.1 Å². The Balaban J connectivity index is 2.00. The van der Waals surface area contributed by atoms with Gasteiger partial charge < -0.3 is 10.3 Å². The van der Waals surface area contributed by atoms with Crippen LogP contribution in [0.25, 0.3) is 11.0 Å². The third kappa shape index (κ3) is 3.23. The minimum atomic E-state index is -3.38. The molecule has 0 bridgehead atoms. The Morgan fingerprint density at radius 1 is 1.30 bits per heavy atom. The van der Waals surface area contributed by atoms with E-state index in [4.69, 9.17) is 0 Å². The maximum Gasteiger partial charge on any atom is 0.292 e. The molecular formula is C15H17F3N4O. The van der Waals surface area contributed by atoms with Crippen molar-refractivity contribution in [3.8, 4) is 0 Å². The molecule has 1 aliphatic heterocycles. The molecule has 1 aromatic carbocycles. The lowest BCUT2D eigenvalue weighted by molar-refractivity contribution is 0.0115. The summed E-state index contributed by atoms with van der Waals surface area (Å²) < 4.78 is 41.3. The molecule has 0 amide bonds. The number of hydrogen-bond donors (Lipinski definition) is 2. The van der Waals surface area contributed by atoms with Crippen molar-refractivity contribution in [1.29, 1.82) is 0 Å². The van der Waals surface area contributed by atoms with Crippen LogP contribution in [0.1, 0.15) is 18.2 Å². The van der Waals surface area contributed by atoms with Crippen molar-refractivity contribution in [1.82, 2.24) is 20.2 Å². The number of piperazine rings is 1. The number of benzene rings is 1. The fourth-order valence-electron chi connectivity index (χ4n) is 2.69. The number of nitrogens with one attached hydrogen (secondary N) is 2. The fraction of sp³-hybridized carbons (Fsp3) is 0.467. The molecule has 23 heavy (non-hydrogen) atoms. The molecule has 0 saturated carbocycles. The zero-order chi connectivity index (χ0) is 16.6. The highest BCUT2D eigenvalue weighted by Gasteiger charge is 2.30. The molecule has 1 fully saturated rings. The highest BCUT2D eigenvalue weighted by Crippen LogP contribution is 2.25. The number of aromatic nitrogens is 2. The third-order valence-corrected chi connectivity index (χ3v) is 3.91. The van der Waals surface area contributed by atoms with Gasteiger partial charge in [-0.3, -0.25) is 9.69 Å². The van der Waals surface area contributed by atoms with Crippen LogP contribution in [0.2, 0.25) is 0 Å². The van der Waals surface area contributed by atoms with E-state index in [1.807, 2.05) is 0 Å². The lowest BCUT2D eigenvalue weighted by Gasteiger charge is -2.27. The fourth-order valence-corrected chi connectivity index (χ4v) is 2.69. The first-order valence-electron chi connectivity index (χ1n) is 7.39. The van der Waals surface area contributed by atoms with Crippen molar-refractivity contribution in [2.75, 3.05) is 26.2 Å². The number of rotatable bonds is 3. The summed E-state index contributed by atoms with van der Waals surface area (Å²) in [5, 5.41) is 3.21. The van der Waals surface area contributed by atoms with Gasteiger partial charge in [-0.15, -0.1) is 0 Å². The Bertz CT molecular complexity index is 779. The van der Waals surface area contributed by atoms with E-state index in [2.05, 4.69) is 20.2 Å². The topological polar surface area (TPSA) is 61.0 Å². The summed E-state index contributed by atoms with van der Waals surface area (Å²) in [7, 11) is 0. The van der Waals surface area contributed by atoms with Crippen molar-refractivity contribution in [2.24, 2.45) is 0 Å². The van der Waals surface area contributed by atoms with E-state index < -0.39 is 23.0 Å². The van der Waals surface area contributed by atoms with E-state index >= 15 is 0 Å². The molecule has 1 saturated heterocycles. The number of alkyl halides is 2. The van der Waals surface area contributed by atoms with Crippen LogP contribution in [-0.2, 0) is 12.5 Å². The van der Waals surface area contributed by atoms with Crippen LogP contribution in [0.4, 0.5) is 13.2 Å². The lowest BCUT2D eigenvalue weighted by atomic mass is 10.1. The quantitative estimate of drug-likeness (QED) is 0.899. The van der Waals surface area contributed by atoms with E-state index in [-0.39, 0.29) is 11.0 Å². The second-order valence-corrected chi connectivity index (χ2v) is 5.76. The van der Waals surface area contributed by atoms with Gasteiger partial charge in [0.05, 0.1) is 5.52 Å². The Morgan fingerprint density at radius 2 is 2.00 bits per heavy atom. The normalized spacial score (nSPS) is 16.9. The molecule has 124 valence electrons. The number of aromatic amines is 1. The summed E-state index contributed by atoms with van der Waals surface area (Å²) in [6.45, 7) is 4.26. The first-order chi connectivity index (χ1) is 10.9. The van der Waals surface area contributed by atoms with E-state index in [0.29, 0.717) is 19.0 Å². The zero-order valence-corrected chi connectivity index (χ0v) is 12.6. The van der Waals surface area contributed by atoms with Gasteiger partial charge in [0, 0.05) is 45.2 Å². The van der Waals surface area contributed by atoms with Gasteiger partial charge in [0.2, 0.25) is 0 Å². The summed E-state index contributed by atoms with van der Waals surface area (Å²) in [4.78, 5) is 19.7. The Labute approximate surface area is 130 Å². The van der Waals surface area contributed by atoms with Crippen molar-refractivity contribution in [2.45, 2.75) is 19.4 Å². The van der Waals surface area contributed by atoms with Crippen molar-refractivity contribution < 1.29 is 13.2 Å². The number of fused-ring (bicyclic) bond motifs is 1. The van der Waals surface area contributed by atoms with Crippen molar-refractivity contribution in [3.05, 3.63) is 39.6 Å².